The molecule has 0 fully saturated rings. The summed E-state index contributed by atoms with van der Waals surface area (Å²) >= 11 is 0. The average molecular weight is 324 g/mol. The molecule has 0 radical (unpaired) electrons. The number of likely N-dealkylation sites (N-methyl/N-ethyl adjacent to an activating group) is 1. The highest BCUT2D eigenvalue weighted by Crippen LogP contribution is 2.27. The number of rotatable bonds is 6. The fourth-order valence-electron chi connectivity index (χ4n) is 2.38. The van der Waals surface area contributed by atoms with E-state index < -0.39 is 0 Å². The number of carbonyl (C=O) groups excluding carboxylic acids is 1. The third-order valence-corrected chi connectivity index (χ3v) is 3.77. The lowest BCUT2D eigenvalue weighted by Gasteiger charge is -2.18. The Morgan fingerprint density at radius 2 is 1.88 bits per heavy atom. The third-order valence-electron chi connectivity index (χ3n) is 3.77. The number of benzene rings is 2. The minimum absolute atomic E-state index is 0.104. The molecule has 0 heterocycles. The van der Waals surface area contributed by atoms with Crippen LogP contribution in [0, 0.1) is 11.3 Å². The van der Waals surface area contributed by atoms with Crippen LogP contribution in [-0.2, 0) is 6.42 Å². The van der Waals surface area contributed by atoms with E-state index in [4.69, 9.17) is 14.7 Å². The van der Waals surface area contributed by atoms with Crippen molar-refractivity contribution < 1.29 is 14.3 Å². The molecule has 0 spiro atoms. The van der Waals surface area contributed by atoms with Gasteiger partial charge in [-0.1, -0.05) is 12.1 Å². The molecule has 5 nitrogen and oxygen atoms in total. The fraction of sp³-hybridized carbons (Fsp3) is 0.263. The summed E-state index contributed by atoms with van der Waals surface area (Å²) in [7, 11) is 4.95. The molecule has 1 amide bonds. The van der Waals surface area contributed by atoms with Gasteiger partial charge in [0.15, 0.2) is 11.5 Å². The van der Waals surface area contributed by atoms with Gasteiger partial charge in [-0.2, -0.15) is 5.26 Å². The number of methoxy groups -OCH3 is 2. The Morgan fingerprint density at radius 1 is 1.12 bits per heavy atom. The van der Waals surface area contributed by atoms with Gasteiger partial charge < -0.3 is 14.4 Å². The van der Waals surface area contributed by atoms with Crippen molar-refractivity contribution in [3.05, 3.63) is 59.2 Å². The van der Waals surface area contributed by atoms with Crippen LogP contribution in [0.2, 0.25) is 0 Å². The Balaban J connectivity index is 2.03. The van der Waals surface area contributed by atoms with Gasteiger partial charge in [0.2, 0.25) is 0 Å². The van der Waals surface area contributed by atoms with Crippen LogP contribution in [0.1, 0.15) is 21.5 Å². The van der Waals surface area contributed by atoms with E-state index in [-0.39, 0.29) is 5.91 Å². The summed E-state index contributed by atoms with van der Waals surface area (Å²) in [5.74, 6) is 1.25. The van der Waals surface area contributed by atoms with Crippen LogP contribution in [0.3, 0.4) is 0 Å². The van der Waals surface area contributed by atoms with E-state index >= 15 is 0 Å². The van der Waals surface area contributed by atoms with Crippen molar-refractivity contribution in [3.63, 3.8) is 0 Å². The first kappa shape index (κ1) is 17.4. The number of carbonyl (C=O) groups is 1. The predicted octanol–water partition coefficient (Wildman–Crippen LogP) is 2.89. The average Bonchev–Trinajstić information content (AvgIpc) is 2.65. The summed E-state index contributed by atoms with van der Waals surface area (Å²) in [5, 5.41) is 8.93. The van der Waals surface area contributed by atoms with Gasteiger partial charge in [0.05, 0.1) is 25.9 Å². The summed E-state index contributed by atoms with van der Waals surface area (Å²) in [6.45, 7) is 0.561. The highest BCUT2D eigenvalue weighted by Gasteiger charge is 2.12. The largest absolute Gasteiger partial charge is 0.493 e. The first-order valence-electron chi connectivity index (χ1n) is 7.55. The maximum Gasteiger partial charge on any atom is 0.253 e. The molecule has 0 saturated heterocycles. The molecule has 0 aliphatic carbocycles. The molecule has 0 N–H and O–H groups in total. The Morgan fingerprint density at radius 3 is 2.54 bits per heavy atom. The predicted molar refractivity (Wildman–Crippen MR) is 91.4 cm³/mol. The molecule has 2 aromatic rings. The van der Waals surface area contributed by atoms with Crippen LogP contribution >= 0.6 is 0 Å². The molecule has 0 bridgehead atoms. The van der Waals surface area contributed by atoms with Crippen LogP contribution in [-0.4, -0.2) is 38.6 Å². The molecule has 0 aliphatic heterocycles. The van der Waals surface area contributed by atoms with E-state index in [1.807, 2.05) is 24.3 Å². The SMILES string of the molecule is COc1ccc(CCN(C)C(=O)c2cccc(C#N)c2)cc1OC. The Hall–Kier alpha value is -3.00. The first-order chi connectivity index (χ1) is 11.6. The lowest BCUT2D eigenvalue weighted by Crippen LogP contribution is -2.28. The molecular weight excluding hydrogens is 304 g/mol. The Labute approximate surface area is 142 Å². The second kappa shape index (κ2) is 8.02. The number of hydrogen-bond donors (Lipinski definition) is 0. The van der Waals surface area contributed by atoms with Crippen LogP contribution in [0.25, 0.3) is 0 Å². The molecule has 0 saturated carbocycles. The van der Waals surface area contributed by atoms with Crippen molar-refractivity contribution in [2.24, 2.45) is 0 Å². The Bertz CT molecular complexity index is 765. The quantitative estimate of drug-likeness (QED) is 0.819. The summed E-state index contributed by atoms with van der Waals surface area (Å²) in [4.78, 5) is 14.1. The molecule has 2 aromatic carbocycles. The van der Waals surface area contributed by atoms with Gasteiger partial charge >= 0.3 is 0 Å². The second-order valence-electron chi connectivity index (χ2n) is 5.36. The zero-order chi connectivity index (χ0) is 17.5. The first-order valence-corrected chi connectivity index (χ1v) is 7.55. The molecule has 124 valence electrons. The number of amides is 1. The molecule has 0 unspecified atom stereocenters. The van der Waals surface area contributed by atoms with E-state index in [1.165, 1.54) is 0 Å². The fourth-order valence-corrected chi connectivity index (χ4v) is 2.38. The molecule has 0 atom stereocenters. The number of hydrogen-bond acceptors (Lipinski definition) is 4. The van der Waals surface area contributed by atoms with Gasteiger partial charge in [0.25, 0.3) is 5.91 Å². The maximum atomic E-state index is 12.4. The Kier molecular flexibility index (Phi) is 5.80. The van der Waals surface area contributed by atoms with Gasteiger partial charge in [-0.3, -0.25) is 4.79 Å². The highest BCUT2D eigenvalue weighted by molar-refractivity contribution is 5.94. The van der Waals surface area contributed by atoms with Gasteiger partial charge in [0.1, 0.15) is 0 Å². The van der Waals surface area contributed by atoms with Crippen LogP contribution in [0.4, 0.5) is 0 Å². The number of ether oxygens (including phenoxy) is 2. The highest BCUT2D eigenvalue weighted by atomic mass is 16.5. The lowest BCUT2D eigenvalue weighted by atomic mass is 10.1. The number of nitriles is 1. The number of nitrogens with zero attached hydrogens (tertiary/aromatic N) is 2. The third kappa shape index (κ3) is 4.05. The summed E-state index contributed by atoms with van der Waals surface area (Å²) in [6.07, 6.45) is 0.695. The molecule has 24 heavy (non-hydrogen) atoms. The summed E-state index contributed by atoms with van der Waals surface area (Å²) in [6, 6.07) is 14.5. The minimum atomic E-state index is -0.104. The monoisotopic (exact) mass is 324 g/mol. The summed E-state index contributed by atoms with van der Waals surface area (Å²) in [5.41, 5.74) is 2.05. The van der Waals surface area contributed by atoms with E-state index in [1.54, 1.807) is 50.4 Å². The normalized spacial score (nSPS) is 9.92. The molecule has 2 rings (SSSR count). The second-order valence-corrected chi connectivity index (χ2v) is 5.36. The smallest absolute Gasteiger partial charge is 0.253 e. The van der Waals surface area contributed by atoms with E-state index in [9.17, 15) is 4.79 Å². The van der Waals surface area contributed by atoms with E-state index in [0.717, 1.165) is 5.56 Å². The van der Waals surface area contributed by atoms with Crippen molar-refractivity contribution in [2.45, 2.75) is 6.42 Å². The van der Waals surface area contributed by atoms with E-state index in [0.29, 0.717) is 35.6 Å². The molecular formula is C19H20N2O3. The van der Waals surface area contributed by atoms with Crippen molar-refractivity contribution in [1.29, 1.82) is 5.26 Å². The van der Waals surface area contributed by atoms with Crippen molar-refractivity contribution in [3.8, 4) is 17.6 Å². The lowest BCUT2D eigenvalue weighted by molar-refractivity contribution is 0.0796. The van der Waals surface area contributed by atoms with Crippen molar-refractivity contribution in [2.75, 3.05) is 27.8 Å². The zero-order valence-corrected chi connectivity index (χ0v) is 14.1. The maximum absolute atomic E-state index is 12.4. The van der Waals surface area contributed by atoms with Crippen LogP contribution in [0.15, 0.2) is 42.5 Å². The van der Waals surface area contributed by atoms with Crippen molar-refractivity contribution >= 4 is 5.91 Å². The van der Waals surface area contributed by atoms with Crippen LogP contribution in [0.5, 0.6) is 11.5 Å². The molecule has 5 heteroatoms. The van der Waals surface area contributed by atoms with Crippen molar-refractivity contribution in [1.82, 2.24) is 4.90 Å². The molecule has 0 aromatic heterocycles. The van der Waals surface area contributed by atoms with Gasteiger partial charge in [0, 0.05) is 19.2 Å². The van der Waals surface area contributed by atoms with Gasteiger partial charge in [-0.15, -0.1) is 0 Å². The standard InChI is InChI=1S/C19H20N2O3/c1-21(19(22)16-6-4-5-15(11-16)13-20)10-9-14-7-8-17(23-2)18(12-14)24-3/h4-8,11-12H,9-10H2,1-3H3. The van der Waals surface area contributed by atoms with Gasteiger partial charge in [-0.05, 0) is 42.3 Å². The minimum Gasteiger partial charge on any atom is -0.493 e. The van der Waals surface area contributed by atoms with Crippen LogP contribution < -0.4 is 9.47 Å². The topological polar surface area (TPSA) is 62.6 Å². The van der Waals surface area contributed by atoms with E-state index in [2.05, 4.69) is 0 Å². The van der Waals surface area contributed by atoms with Gasteiger partial charge in [-0.25, -0.2) is 0 Å². The zero-order valence-electron chi connectivity index (χ0n) is 14.1. The summed E-state index contributed by atoms with van der Waals surface area (Å²) < 4.78 is 10.5. The molecule has 0 aliphatic rings.